The predicted molar refractivity (Wildman–Crippen MR) is 70.2 cm³/mol. The van der Waals surface area contributed by atoms with E-state index in [9.17, 15) is 8.42 Å². The van der Waals surface area contributed by atoms with Crippen molar-refractivity contribution in [2.75, 3.05) is 0 Å². The third-order valence-electron chi connectivity index (χ3n) is 2.07. The zero-order valence-corrected chi connectivity index (χ0v) is 12.1. The van der Waals surface area contributed by atoms with Gasteiger partial charge in [-0.15, -0.1) is 15.7 Å². The highest BCUT2D eigenvalue weighted by Crippen LogP contribution is 2.16. The van der Waals surface area contributed by atoms with E-state index in [-0.39, 0.29) is 4.90 Å². The second-order valence-electron chi connectivity index (χ2n) is 3.32. The Bertz CT molecular complexity index is 684. The van der Waals surface area contributed by atoms with Crippen molar-refractivity contribution < 1.29 is 8.42 Å². The highest BCUT2D eigenvalue weighted by molar-refractivity contribution is 9.10. The molecule has 0 spiro atoms. The monoisotopic (exact) mass is 332 g/mol. The van der Waals surface area contributed by atoms with Gasteiger partial charge in [-0.25, -0.2) is 0 Å². The molecule has 90 valence electrons. The zero-order valence-electron chi connectivity index (χ0n) is 8.87. The van der Waals surface area contributed by atoms with E-state index in [2.05, 4.69) is 20.3 Å². The fourth-order valence-corrected chi connectivity index (χ4v) is 3.42. The Morgan fingerprint density at radius 1 is 1.29 bits per heavy atom. The molecule has 0 saturated carbocycles. The van der Waals surface area contributed by atoms with Crippen LogP contribution in [-0.4, -0.2) is 13.0 Å². The predicted octanol–water partition coefficient (Wildman–Crippen LogP) is 2.14. The van der Waals surface area contributed by atoms with Crippen molar-refractivity contribution in [3.05, 3.63) is 45.1 Å². The van der Waals surface area contributed by atoms with Crippen LogP contribution in [0.25, 0.3) is 0 Å². The smallest absolute Gasteiger partial charge is 0.285 e. The quantitative estimate of drug-likeness (QED) is 0.845. The fraction of sp³-hybridized carbons (Fsp3) is 0.100. The topological polar surface area (TPSA) is 51.4 Å². The maximum atomic E-state index is 12.0. The maximum absolute atomic E-state index is 12.0. The van der Waals surface area contributed by atoms with E-state index in [0.717, 1.165) is 4.47 Å². The molecule has 0 amide bonds. The number of aromatic nitrogens is 1. The number of hydrogen-bond acceptors (Lipinski definition) is 3. The Balaban J connectivity index is 2.52. The van der Waals surface area contributed by atoms with Gasteiger partial charge in [0.25, 0.3) is 10.0 Å². The van der Waals surface area contributed by atoms with Gasteiger partial charge in [0.15, 0.2) is 0 Å². The molecule has 0 radical (unpaired) electrons. The van der Waals surface area contributed by atoms with Gasteiger partial charge in [-0.05, 0) is 24.3 Å². The molecule has 2 aromatic rings. The van der Waals surface area contributed by atoms with E-state index >= 15 is 0 Å². The molecule has 7 heteroatoms. The van der Waals surface area contributed by atoms with Crippen molar-refractivity contribution in [2.45, 2.75) is 4.90 Å². The number of aryl methyl sites for hydroxylation is 1. The number of sulfonamides is 1. The van der Waals surface area contributed by atoms with Crippen LogP contribution < -0.4 is 4.80 Å². The molecule has 0 fully saturated rings. The molecular formula is C10H9BrN2O2S2. The molecule has 0 unspecified atom stereocenters. The molecule has 0 aliphatic carbocycles. The maximum Gasteiger partial charge on any atom is 0.285 e. The van der Waals surface area contributed by atoms with Crippen LogP contribution in [0, 0.1) is 0 Å². The van der Waals surface area contributed by atoms with Crippen molar-refractivity contribution in [3.63, 3.8) is 0 Å². The molecule has 1 aromatic carbocycles. The van der Waals surface area contributed by atoms with E-state index in [0.29, 0.717) is 4.80 Å². The van der Waals surface area contributed by atoms with Crippen LogP contribution in [0.15, 0.2) is 49.6 Å². The first kappa shape index (κ1) is 12.5. The normalized spacial score (nSPS) is 12.9. The van der Waals surface area contributed by atoms with Crippen molar-refractivity contribution in [3.8, 4) is 0 Å². The van der Waals surface area contributed by atoms with Gasteiger partial charge in [0, 0.05) is 23.1 Å². The lowest BCUT2D eigenvalue weighted by Crippen LogP contribution is -2.12. The molecule has 0 N–H and O–H groups in total. The van der Waals surface area contributed by atoms with E-state index in [4.69, 9.17) is 0 Å². The van der Waals surface area contributed by atoms with Gasteiger partial charge < -0.3 is 4.57 Å². The summed E-state index contributed by atoms with van der Waals surface area (Å²) in [6, 6.07) is 6.40. The summed E-state index contributed by atoms with van der Waals surface area (Å²) in [6.45, 7) is 0. The molecule has 2 rings (SSSR count). The summed E-state index contributed by atoms with van der Waals surface area (Å²) in [5, 5.41) is 1.79. The van der Waals surface area contributed by atoms with E-state index in [1.807, 2.05) is 0 Å². The largest absolute Gasteiger partial charge is 0.326 e. The standard InChI is InChI=1S/C10H9BrN2O2S2/c1-13-6-7-16-10(13)12-17(14,15)9-4-2-8(11)3-5-9/h2-7H,1H3/b12-10-. The van der Waals surface area contributed by atoms with Crippen LogP contribution in [0.1, 0.15) is 0 Å². The van der Waals surface area contributed by atoms with Crippen LogP contribution in [0.3, 0.4) is 0 Å². The third kappa shape index (κ3) is 2.85. The Kier molecular flexibility index (Phi) is 3.50. The second-order valence-corrected chi connectivity index (χ2v) is 6.71. The molecule has 0 aliphatic heterocycles. The summed E-state index contributed by atoms with van der Waals surface area (Å²) < 4.78 is 30.2. The summed E-state index contributed by atoms with van der Waals surface area (Å²) in [5.74, 6) is 0. The highest BCUT2D eigenvalue weighted by Gasteiger charge is 2.12. The lowest BCUT2D eigenvalue weighted by atomic mass is 10.4. The molecule has 4 nitrogen and oxygen atoms in total. The van der Waals surface area contributed by atoms with Gasteiger partial charge in [-0.3, -0.25) is 0 Å². The number of benzene rings is 1. The highest BCUT2D eigenvalue weighted by atomic mass is 79.9. The summed E-state index contributed by atoms with van der Waals surface area (Å²) >= 11 is 4.54. The molecule has 1 aromatic heterocycles. The summed E-state index contributed by atoms with van der Waals surface area (Å²) in [7, 11) is -1.87. The minimum atomic E-state index is -3.63. The molecule has 0 saturated heterocycles. The molecular weight excluding hydrogens is 324 g/mol. The van der Waals surface area contributed by atoms with E-state index < -0.39 is 10.0 Å². The minimum Gasteiger partial charge on any atom is -0.326 e. The SMILES string of the molecule is Cn1ccs/c1=N\S(=O)(=O)c1ccc(Br)cc1. The van der Waals surface area contributed by atoms with Crippen molar-refractivity contribution in [2.24, 2.45) is 11.4 Å². The second kappa shape index (κ2) is 4.75. The summed E-state index contributed by atoms with van der Waals surface area (Å²) in [4.78, 5) is 0.641. The number of halogens is 1. The first-order valence-corrected chi connectivity index (χ1v) is 7.77. The van der Waals surface area contributed by atoms with Crippen LogP contribution in [0.4, 0.5) is 0 Å². The minimum absolute atomic E-state index is 0.189. The third-order valence-corrected chi connectivity index (χ3v) is 4.84. The van der Waals surface area contributed by atoms with E-state index in [1.165, 1.54) is 23.5 Å². The molecule has 0 aliphatic rings. The summed E-state index contributed by atoms with van der Waals surface area (Å²) in [5.41, 5.74) is 0. The Morgan fingerprint density at radius 3 is 2.47 bits per heavy atom. The van der Waals surface area contributed by atoms with Gasteiger partial charge in [0.2, 0.25) is 4.80 Å². The Morgan fingerprint density at radius 2 is 1.94 bits per heavy atom. The van der Waals surface area contributed by atoms with E-state index in [1.54, 1.807) is 35.3 Å². The first-order chi connectivity index (χ1) is 7.99. The lowest BCUT2D eigenvalue weighted by Gasteiger charge is -1.98. The van der Waals surface area contributed by atoms with Crippen LogP contribution in [0.2, 0.25) is 0 Å². The zero-order chi connectivity index (χ0) is 12.5. The Labute approximate surface area is 111 Å². The molecule has 0 bridgehead atoms. The number of hydrogen-bond donors (Lipinski definition) is 0. The lowest BCUT2D eigenvalue weighted by molar-refractivity contribution is 0.596. The van der Waals surface area contributed by atoms with Crippen LogP contribution >= 0.6 is 27.3 Å². The number of nitrogens with zero attached hydrogens (tertiary/aromatic N) is 2. The number of thiazole rings is 1. The van der Waals surface area contributed by atoms with Crippen LogP contribution in [0.5, 0.6) is 0 Å². The fourth-order valence-electron chi connectivity index (χ4n) is 1.18. The van der Waals surface area contributed by atoms with Crippen molar-refractivity contribution in [1.29, 1.82) is 0 Å². The van der Waals surface area contributed by atoms with Gasteiger partial charge in [-0.1, -0.05) is 15.9 Å². The molecule has 17 heavy (non-hydrogen) atoms. The molecule has 1 heterocycles. The van der Waals surface area contributed by atoms with Crippen LogP contribution in [-0.2, 0) is 17.1 Å². The van der Waals surface area contributed by atoms with Gasteiger partial charge >= 0.3 is 0 Å². The summed E-state index contributed by atoms with van der Waals surface area (Å²) in [6.07, 6.45) is 1.76. The van der Waals surface area contributed by atoms with Gasteiger partial charge in [0.1, 0.15) is 0 Å². The average molecular weight is 333 g/mol. The average Bonchev–Trinajstić information content (AvgIpc) is 2.64. The molecule has 0 atom stereocenters. The van der Waals surface area contributed by atoms with Gasteiger partial charge in [0.05, 0.1) is 4.90 Å². The van der Waals surface area contributed by atoms with Crippen molar-refractivity contribution >= 4 is 37.3 Å². The van der Waals surface area contributed by atoms with Crippen molar-refractivity contribution in [1.82, 2.24) is 4.57 Å². The van der Waals surface area contributed by atoms with Gasteiger partial charge in [-0.2, -0.15) is 8.42 Å². The number of rotatable bonds is 2. The first-order valence-electron chi connectivity index (χ1n) is 4.66. The Hall–Kier alpha value is -0.920.